The Balaban J connectivity index is 2.38. The van der Waals surface area contributed by atoms with Crippen molar-refractivity contribution < 1.29 is 0 Å². The lowest BCUT2D eigenvalue weighted by Crippen LogP contribution is -1.97. The molecule has 0 amide bonds. The van der Waals surface area contributed by atoms with Gasteiger partial charge in [0.25, 0.3) is 0 Å². The standard InChI is InChI=1S/C15H13ClN2/c1-11-5-4-7-13(16)15(11)18-14-8-3-2-6-12(14)9-10-17/h2-8,18H,9H2,1H3. The molecule has 0 aromatic heterocycles. The molecule has 1 N–H and O–H groups in total. The highest BCUT2D eigenvalue weighted by Crippen LogP contribution is 2.30. The lowest BCUT2D eigenvalue weighted by atomic mass is 10.1. The van der Waals surface area contributed by atoms with E-state index in [4.69, 9.17) is 16.9 Å². The minimum Gasteiger partial charge on any atom is -0.354 e. The van der Waals surface area contributed by atoms with Crippen molar-refractivity contribution in [1.82, 2.24) is 0 Å². The van der Waals surface area contributed by atoms with Gasteiger partial charge in [0, 0.05) is 5.69 Å². The first-order chi connectivity index (χ1) is 8.72. The number of benzene rings is 2. The summed E-state index contributed by atoms with van der Waals surface area (Å²) in [6.45, 7) is 2.00. The molecule has 3 heteroatoms. The molecule has 18 heavy (non-hydrogen) atoms. The van der Waals surface area contributed by atoms with Gasteiger partial charge in [0.05, 0.1) is 23.2 Å². The molecule has 0 aliphatic rings. The number of rotatable bonds is 3. The van der Waals surface area contributed by atoms with Gasteiger partial charge in [0.1, 0.15) is 0 Å². The van der Waals surface area contributed by atoms with Gasteiger partial charge in [-0.05, 0) is 30.2 Å². The molecule has 2 aromatic rings. The lowest BCUT2D eigenvalue weighted by molar-refractivity contribution is 1.26. The minimum absolute atomic E-state index is 0.382. The molecule has 2 aromatic carbocycles. The van der Waals surface area contributed by atoms with E-state index in [0.717, 1.165) is 22.5 Å². The van der Waals surface area contributed by atoms with Crippen molar-refractivity contribution in [3.63, 3.8) is 0 Å². The first kappa shape index (κ1) is 12.5. The number of aryl methyl sites for hydroxylation is 1. The summed E-state index contributed by atoms with van der Waals surface area (Å²) in [6.07, 6.45) is 0.382. The Morgan fingerprint density at radius 3 is 2.67 bits per heavy atom. The molecule has 0 aliphatic carbocycles. The second kappa shape index (κ2) is 5.57. The minimum atomic E-state index is 0.382. The van der Waals surface area contributed by atoms with Gasteiger partial charge >= 0.3 is 0 Å². The largest absolute Gasteiger partial charge is 0.354 e. The first-order valence-corrected chi connectivity index (χ1v) is 6.07. The van der Waals surface area contributed by atoms with E-state index in [-0.39, 0.29) is 0 Å². The molecule has 0 atom stereocenters. The number of hydrogen-bond donors (Lipinski definition) is 1. The molecule has 0 saturated heterocycles. The van der Waals surface area contributed by atoms with Crippen LogP contribution in [0, 0.1) is 18.3 Å². The second-order valence-corrected chi connectivity index (χ2v) is 4.46. The number of nitriles is 1. The van der Waals surface area contributed by atoms with Gasteiger partial charge in [0.15, 0.2) is 0 Å². The molecule has 0 fully saturated rings. The normalized spacial score (nSPS) is 9.83. The van der Waals surface area contributed by atoms with Gasteiger partial charge in [-0.1, -0.05) is 41.9 Å². The highest BCUT2D eigenvalue weighted by Gasteiger charge is 2.06. The Kier molecular flexibility index (Phi) is 3.86. The van der Waals surface area contributed by atoms with Gasteiger partial charge in [-0.15, -0.1) is 0 Å². The van der Waals surface area contributed by atoms with Crippen molar-refractivity contribution in [1.29, 1.82) is 5.26 Å². The quantitative estimate of drug-likeness (QED) is 0.880. The summed E-state index contributed by atoms with van der Waals surface area (Å²) in [6, 6.07) is 15.7. The van der Waals surface area contributed by atoms with Crippen LogP contribution in [-0.4, -0.2) is 0 Å². The number of nitrogens with zero attached hydrogens (tertiary/aromatic N) is 1. The summed E-state index contributed by atoms with van der Waals surface area (Å²) in [7, 11) is 0. The summed E-state index contributed by atoms with van der Waals surface area (Å²) >= 11 is 6.18. The Labute approximate surface area is 112 Å². The molecule has 0 heterocycles. The van der Waals surface area contributed by atoms with Crippen LogP contribution in [0.5, 0.6) is 0 Å². The van der Waals surface area contributed by atoms with Crippen LogP contribution in [-0.2, 0) is 6.42 Å². The average molecular weight is 257 g/mol. The SMILES string of the molecule is Cc1cccc(Cl)c1Nc1ccccc1CC#N. The van der Waals surface area contributed by atoms with E-state index in [1.165, 1.54) is 0 Å². The zero-order valence-corrected chi connectivity index (χ0v) is 10.8. The van der Waals surface area contributed by atoms with Crippen molar-refractivity contribution >= 4 is 23.0 Å². The fourth-order valence-electron chi connectivity index (χ4n) is 1.81. The average Bonchev–Trinajstić information content (AvgIpc) is 2.36. The van der Waals surface area contributed by atoms with Crippen molar-refractivity contribution in [3.8, 4) is 6.07 Å². The zero-order valence-electron chi connectivity index (χ0n) is 10.1. The highest BCUT2D eigenvalue weighted by molar-refractivity contribution is 6.33. The fourth-order valence-corrected chi connectivity index (χ4v) is 2.08. The van der Waals surface area contributed by atoms with Gasteiger partial charge < -0.3 is 5.32 Å². The van der Waals surface area contributed by atoms with Crippen LogP contribution in [0.15, 0.2) is 42.5 Å². The smallest absolute Gasteiger partial charge is 0.0670 e. The third-order valence-corrected chi connectivity index (χ3v) is 3.08. The number of halogens is 1. The fraction of sp³-hybridized carbons (Fsp3) is 0.133. The number of hydrogen-bond acceptors (Lipinski definition) is 2. The molecule has 2 rings (SSSR count). The number of nitrogens with one attached hydrogen (secondary N) is 1. The number of para-hydroxylation sites is 2. The molecule has 2 nitrogen and oxygen atoms in total. The van der Waals surface area contributed by atoms with E-state index in [1.807, 2.05) is 49.4 Å². The molecule has 0 saturated carbocycles. The van der Waals surface area contributed by atoms with Crippen molar-refractivity contribution in [2.24, 2.45) is 0 Å². The lowest BCUT2D eigenvalue weighted by Gasteiger charge is -2.13. The predicted molar refractivity (Wildman–Crippen MR) is 75.2 cm³/mol. The monoisotopic (exact) mass is 256 g/mol. The topological polar surface area (TPSA) is 35.8 Å². The summed E-state index contributed by atoms with van der Waals surface area (Å²) in [5.74, 6) is 0. The third kappa shape index (κ3) is 2.64. The van der Waals surface area contributed by atoms with Gasteiger partial charge in [-0.2, -0.15) is 5.26 Å². The Hall–Kier alpha value is -1.98. The maximum absolute atomic E-state index is 8.82. The number of anilines is 2. The molecular weight excluding hydrogens is 244 g/mol. The zero-order chi connectivity index (χ0) is 13.0. The second-order valence-electron chi connectivity index (χ2n) is 4.05. The van der Waals surface area contributed by atoms with E-state index in [0.29, 0.717) is 11.4 Å². The van der Waals surface area contributed by atoms with Crippen LogP contribution in [0.4, 0.5) is 11.4 Å². The summed E-state index contributed by atoms with van der Waals surface area (Å²) < 4.78 is 0. The van der Waals surface area contributed by atoms with Crippen LogP contribution < -0.4 is 5.32 Å². The van der Waals surface area contributed by atoms with Crippen LogP contribution in [0.1, 0.15) is 11.1 Å². The highest BCUT2D eigenvalue weighted by atomic mass is 35.5. The van der Waals surface area contributed by atoms with Crippen LogP contribution in [0.2, 0.25) is 5.02 Å². The first-order valence-electron chi connectivity index (χ1n) is 5.69. The molecule has 0 unspecified atom stereocenters. The predicted octanol–water partition coefficient (Wildman–Crippen LogP) is 4.46. The van der Waals surface area contributed by atoms with Crippen molar-refractivity contribution in [2.75, 3.05) is 5.32 Å². The summed E-state index contributed by atoms with van der Waals surface area (Å²) in [4.78, 5) is 0. The molecule has 0 aliphatic heterocycles. The molecule has 0 bridgehead atoms. The van der Waals surface area contributed by atoms with Crippen molar-refractivity contribution in [2.45, 2.75) is 13.3 Å². The van der Waals surface area contributed by atoms with Crippen LogP contribution in [0.3, 0.4) is 0 Å². The molecule has 90 valence electrons. The Bertz CT molecular complexity index is 579. The summed E-state index contributed by atoms with van der Waals surface area (Å²) in [5, 5.41) is 12.8. The van der Waals surface area contributed by atoms with Crippen LogP contribution in [0.25, 0.3) is 0 Å². The van der Waals surface area contributed by atoms with Gasteiger partial charge in [-0.3, -0.25) is 0 Å². The molecular formula is C15H13ClN2. The molecule has 0 spiro atoms. The summed E-state index contributed by atoms with van der Waals surface area (Å²) in [5.41, 5.74) is 3.87. The maximum atomic E-state index is 8.82. The van der Waals surface area contributed by atoms with Crippen molar-refractivity contribution in [3.05, 3.63) is 58.6 Å². The van der Waals surface area contributed by atoms with Gasteiger partial charge in [-0.25, -0.2) is 0 Å². The van der Waals surface area contributed by atoms with Crippen LogP contribution >= 0.6 is 11.6 Å². The van der Waals surface area contributed by atoms with E-state index in [2.05, 4.69) is 11.4 Å². The van der Waals surface area contributed by atoms with E-state index in [9.17, 15) is 0 Å². The molecule has 0 radical (unpaired) electrons. The third-order valence-electron chi connectivity index (χ3n) is 2.77. The van der Waals surface area contributed by atoms with E-state index >= 15 is 0 Å². The maximum Gasteiger partial charge on any atom is 0.0670 e. The van der Waals surface area contributed by atoms with E-state index < -0.39 is 0 Å². The Morgan fingerprint density at radius 2 is 1.94 bits per heavy atom. The van der Waals surface area contributed by atoms with E-state index in [1.54, 1.807) is 0 Å². The Morgan fingerprint density at radius 1 is 1.17 bits per heavy atom. The van der Waals surface area contributed by atoms with Gasteiger partial charge in [0.2, 0.25) is 0 Å².